The van der Waals surface area contributed by atoms with Gasteiger partial charge in [0, 0.05) is 13.1 Å². The molecular weight excluding hydrogens is 266 g/mol. The predicted molar refractivity (Wildman–Crippen MR) is 85.7 cm³/mol. The van der Waals surface area contributed by atoms with Crippen molar-refractivity contribution in [3.63, 3.8) is 0 Å². The minimum absolute atomic E-state index is 0.247. The van der Waals surface area contributed by atoms with Gasteiger partial charge >= 0.3 is 0 Å². The topological polar surface area (TPSA) is 61.7 Å². The van der Waals surface area contributed by atoms with Crippen LogP contribution in [0.15, 0.2) is 18.2 Å². The zero-order valence-electron chi connectivity index (χ0n) is 13.6. The molecule has 0 aliphatic rings. The van der Waals surface area contributed by atoms with Crippen LogP contribution in [-0.4, -0.2) is 42.1 Å². The summed E-state index contributed by atoms with van der Waals surface area (Å²) in [7, 11) is 0. The van der Waals surface area contributed by atoms with Crippen molar-refractivity contribution in [2.24, 2.45) is 5.92 Å². The van der Waals surface area contributed by atoms with E-state index in [4.69, 9.17) is 4.74 Å². The fourth-order valence-corrected chi connectivity index (χ4v) is 2.25. The molecule has 0 saturated heterocycles. The van der Waals surface area contributed by atoms with E-state index in [2.05, 4.69) is 25.2 Å². The maximum absolute atomic E-state index is 9.88. The molecule has 0 aliphatic heterocycles. The van der Waals surface area contributed by atoms with Gasteiger partial charge in [-0.1, -0.05) is 31.5 Å². The maximum Gasteiger partial charge on any atom is 0.122 e. The van der Waals surface area contributed by atoms with Gasteiger partial charge in [-0.25, -0.2) is 0 Å². The molecular formula is C17H29NO3. The Morgan fingerprint density at radius 3 is 2.38 bits per heavy atom. The van der Waals surface area contributed by atoms with Crippen LogP contribution in [0, 0.1) is 19.8 Å². The van der Waals surface area contributed by atoms with Crippen LogP contribution in [0.3, 0.4) is 0 Å². The minimum Gasteiger partial charge on any atom is -0.491 e. The summed E-state index contributed by atoms with van der Waals surface area (Å²) < 4.78 is 5.62. The van der Waals surface area contributed by atoms with Crippen LogP contribution in [0.2, 0.25) is 0 Å². The highest BCUT2D eigenvalue weighted by Gasteiger charge is 2.10. The van der Waals surface area contributed by atoms with Crippen LogP contribution in [-0.2, 0) is 0 Å². The summed E-state index contributed by atoms with van der Waals surface area (Å²) in [6.45, 7) is 9.36. The lowest BCUT2D eigenvalue weighted by Gasteiger charge is -2.17. The van der Waals surface area contributed by atoms with Crippen molar-refractivity contribution in [1.29, 1.82) is 0 Å². The van der Waals surface area contributed by atoms with E-state index in [0.717, 1.165) is 17.7 Å². The smallest absolute Gasteiger partial charge is 0.122 e. The van der Waals surface area contributed by atoms with Gasteiger partial charge in [-0.2, -0.15) is 0 Å². The Bertz CT molecular complexity index is 420. The summed E-state index contributed by atoms with van der Waals surface area (Å²) in [5.41, 5.74) is 2.27. The van der Waals surface area contributed by atoms with E-state index in [0.29, 0.717) is 19.0 Å². The summed E-state index contributed by atoms with van der Waals surface area (Å²) in [6.07, 6.45) is -0.184. The van der Waals surface area contributed by atoms with Gasteiger partial charge in [-0.3, -0.25) is 0 Å². The molecule has 3 N–H and O–H groups in total. The average Bonchev–Trinajstić information content (AvgIpc) is 2.36. The standard InChI is InChI=1S/C17H29NO3/c1-12(2)7-15(19)9-18-10-16(20)11-21-17-6-5-13(3)8-14(17)4/h5-6,8,12,15-16,18-20H,7,9-11H2,1-4H3. The second-order valence-corrected chi connectivity index (χ2v) is 6.18. The van der Waals surface area contributed by atoms with Crippen molar-refractivity contribution in [3.05, 3.63) is 29.3 Å². The molecule has 1 aromatic carbocycles. The van der Waals surface area contributed by atoms with E-state index in [-0.39, 0.29) is 12.7 Å². The third kappa shape index (κ3) is 7.46. The van der Waals surface area contributed by atoms with E-state index in [1.807, 2.05) is 26.0 Å². The Balaban J connectivity index is 2.23. The summed E-state index contributed by atoms with van der Waals surface area (Å²) >= 11 is 0. The van der Waals surface area contributed by atoms with Gasteiger partial charge in [-0.05, 0) is 37.8 Å². The molecule has 0 saturated carbocycles. The van der Waals surface area contributed by atoms with Crippen LogP contribution in [0.1, 0.15) is 31.4 Å². The maximum atomic E-state index is 9.88. The van der Waals surface area contributed by atoms with Crippen LogP contribution in [0.25, 0.3) is 0 Å². The molecule has 1 aromatic rings. The lowest BCUT2D eigenvalue weighted by molar-refractivity contribution is 0.0963. The van der Waals surface area contributed by atoms with Crippen molar-refractivity contribution >= 4 is 0 Å². The van der Waals surface area contributed by atoms with Crippen LogP contribution in [0.5, 0.6) is 5.75 Å². The van der Waals surface area contributed by atoms with E-state index < -0.39 is 6.10 Å². The Labute approximate surface area is 128 Å². The first-order valence-corrected chi connectivity index (χ1v) is 7.65. The lowest BCUT2D eigenvalue weighted by atomic mass is 10.1. The normalized spacial score (nSPS) is 14.2. The second-order valence-electron chi connectivity index (χ2n) is 6.18. The lowest BCUT2D eigenvalue weighted by Crippen LogP contribution is -2.36. The van der Waals surface area contributed by atoms with Gasteiger partial charge in [0.05, 0.1) is 6.10 Å². The second kappa shape index (κ2) is 9.03. The van der Waals surface area contributed by atoms with Crippen molar-refractivity contribution < 1.29 is 14.9 Å². The SMILES string of the molecule is Cc1ccc(OCC(O)CNCC(O)CC(C)C)c(C)c1. The highest BCUT2D eigenvalue weighted by atomic mass is 16.5. The highest BCUT2D eigenvalue weighted by molar-refractivity contribution is 5.35. The molecule has 0 spiro atoms. The van der Waals surface area contributed by atoms with Crippen molar-refractivity contribution in [1.82, 2.24) is 5.32 Å². The van der Waals surface area contributed by atoms with E-state index in [1.165, 1.54) is 5.56 Å². The van der Waals surface area contributed by atoms with Crippen molar-refractivity contribution in [3.8, 4) is 5.75 Å². The largest absolute Gasteiger partial charge is 0.491 e. The third-order valence-electron chi connectivity index (χ3n) is 3.27. The van der Waals surface area contributed by atoms with Gasteiger partial charge in [0.25, 0.3) is 0 Å². The van der Waals surface area contributed by atoms with Crippen LogP contribution in [0.4, 0.5) is 0 Å². The molecule has 2 atom stereocenters. The first-order valence-electron chi connectivity index (χ1n) is 7.65. The van der Waals surface area contributed by atoms with E-state index in [9.17, 15) is 10.2 Å². The summed E-state index contributed by atoms with van der Waals surface area (Å²) in [5, 5.41) is 22.7. The number of benzene rings is 1. The molecule has 120 valence electrons. The Hall–Kier alpha value is -1.10. The predicted octanol–water partition coefficient (Wildman–Crippen LogP) is 2.04. The monoisotopic (exact) mass is 295 g/mol. The molecule has 0 aliphatic carbocycles. The van der Waals surface area contributed by atoms with Gasteiger partial charge < -0.3 is 20.3 Å². The zero-order valence-corrected chi connectivity index (χ0v) is 13.6. The summed E-state index contributed by atoms with van der Waals surface area (Å²) in [6, 6.07) is 5.98. The Morgan fingerprint density at radius 1 is 1.10 bits per heavy atom. The number of rotatable bonds is 9. The third-order valence-corrected chi connectivity index (χ3v) is 3.27. The number of hydrogen-bond donors (Lipinski definition) is 3. The fraction of sp³-hybridized carbons (Fsp3) is 0.647. The molecule has 0 heterocycles. The first-order chi connectivity index (χ1) is 9.88. The van der Waals surface area contributed by atoms with Gasteiger partial charge in [0.1, 0.15) is 18.5 Å². The molecule has 0 radical (unpaired) electrons. The van der Waals surface area contributed by atoms with Crippen molar-refractivity contribution in [2.45, 2.75) is 46.3 Å². The molecule has 0 aromatic heterocycles. The van der Waals surface area contributed by atoms with Gasteiger partial charge in [0.2, 0.25) is 0 Å². The zero-order chi connectivity index (χ0) is 15.8. The molecule has 4 nitrogen and oxygen atoms in total. The summed E-state index contributed by atoms with van der Waals surface area (Å²) in [5.74, 6) is 1.28. The molecule has 0 amide bonds. The molecule has 0 bridgehead atoms. The number of aliphatic hydroxyl groups is 2. The molecule has 0 fully saturated rings. The molecule has 2 unspecified atom stereocenters. The number of ether oxygens (including phenoxy) is 1. The number of aliphatic hydroxyl groups excluding tert-OH is 2. The van der Waals surface area contributed by atoms with Gasteiger partial charge in [0.15, 0.2) is 0 Å². The Morgan fingerprint density at radius 2 is 1.76 bits per heavy atom. The fourth-order valence-electron chi connectivity index (χ4n) is 2.25. The van der Waals surface area contributed by atoms with Crippen LogP contribution >= 0.6 is 0 Å². The molecule has 21 heavy (non-hydrogen) atoms. The van der Waals surface area contributed by atoms with Crippen molar-refractivity contribution in [2.75, 3.05) is 19.7 Å². The van der Waals surface area contributed by atoms with E-state index >= 15 is 0 Å². The van der Waals surface area contributed by atoms with E-state index in [1.54, 1.807) is 0 Å². The average molecular weight is 295 g/mol. The number of nitrogens with one attached hydrogen (secondary N) is 1. The number of hydrogen-bond acceptors (Lipinski definition) is 4. The first kappa shape index (κ1) is 18.0. The van der Waals surface area contributed by atoms with Crippen LogP contribution < -0.4 is 10.1 Å². The number of aryl methyl sites for hydroxylation is 2. The Kier molecular flexibility index (Phi) is 7.72. The minimum atomic E-state index is -0.586. The van der Waals surface area contributed by atoms with Gasteiger partial charge in [-0.15, -0.1) is 0 Å². The molecule has 1 rings (SSSR count). The summed E-state index contributed by atoms with van der Waals surface area (Å²) in [4.78, 5) is 0. The quantitative estimate of drug-likeness (QED) is 0.652. The highest BCUT2D eigenvalue weighted by Crippen LogP contribution is 2.18. The molecule has 4 heteroatoms.